The number of pyridine rings is 1. The molecule has 3 N–H and O–H groups in total. The van der Waals surface area contributed by atoms with Gasteiger partial charge in [-0.05, 0) is 37.1 Å². The van der Waals surface area contributed by atoms with Gasteiger partial charge in [-0.2, -0.15) is 0 Å². The minimum Gasteiger partial charge on any atom is -0.478 e. The molecule has 2 heterocycles. The number of nitrogens with one attached hydrogen (secondary N) is 2. The summed E-state index contributed by atoms with van der Waals surface area (Å²) in [5.41, 5.74) is 2.44. The molecule has 2 aromatic heterocycles. The van der Waals surface area contributed by atoms with Crippen molar-refractivity contribution in [3.8, 4) is 0 Å². The van der Waals surface area contributed by atoms with Crippen LogP contribution in [0.3, 0.4) is 0 Å². The first-order chi connectivity index (χ1) is 13.7. The third kappa shape index (κ3) is 3.07. The number of carboxylic acids is 1. The first-order valence-electron chi connectivity index (χ1n) is 9.10. The molecule has 0 atom stereocenters. The molecule has 7 nitrogen and oxygen atoms in total. The van der Waals surface area contributed by atoms with Gasteiger partial charge >= 0.3 is 5.97 Å². The van der Waals surface area contributed by atoms with E-state index in [-0.39, 0.29) is 5.56 Å². The fourth-order valence-electron chi connectivity index (χ4n) is 3.15. The summed E-state index contributed by atoms with van der Waals surface area (Å²) in [6.45, 7) is 0. The number of aromatic carboxylic acids is 1. The standard InChI is InChI=1S/C21H17N5O2/c27-20(28)12-6-9-15-16-11-22-21(24-13-4-2-1-3-5-13)26-18(16)19(23-14-7-8-14)25-17(15)10-12/h1-6,9-11,14H,7-8H2,(H,23,25)(H,27,28)(H,22,24,26). The highest BCUT2D eigenvalue weighted by Crippen LogP contribution is 2.32. The molecule has 0 amide bonds. The molecule has 2 aromatic carbocycles. The zero-order valence-electron chi connectivity index (χ0n) is 14.9. The predicted octanol–water partition coefficient (Wildman–Crippen LogP) is 4.19. The molecule has 0 radical (unpaired) electrons. The highest BCUT2D eigenvalue weighted by molar-refractivity contribution is 6.09. The van der Waals surface area contributed by atoms with E-state index in [1.54, 1.807) is 24.4 Å². The molecule has 5 rings (SSSR count). The Balaban J connectivity index is 1.67. The zero-order valence-corrected chi connectivity index (χ0v) is 14.9. The predicted molar refractivity (Wildman–Crippen MR) is 108 cm³/mol. The van der Waals surface area contributed by atoms with Gasteiger partial charge in [0.15, 0.2) is 5.82 Å². The van der Waals surface area contributed by atoms with Gasteiger partial charge in [-0.1, -0.05) is 24.3 Å². The van der Waals surface area contributed by atoms with Gasteiger partial charge in [-0.25, -0.2) is 19.7 Å². The van der Waals surface area contributed by atoms with Gasteiger partial charge in [0, 0.05) is 28.7 Å². The molecule has 1 aliphatic rings. The van der Waals surface area contributed by atoms with Crippen molar-refractivity contribution < 1.29 is 9.90 Å². The Hall–Kier alpha value is -3.74. The van der Waals surface area contributed by atoms with E-state index in [1.165, 1.54) is 0 Å². The van der Waals surface area contributed by atoms with Gasteiger partial charge in [-0.15, -0.1) is 0 Å². The maximum Gasteiger partial charge on any atom is 0.335 e. The Morgan fingerprint density at radius 2 is 1.86 bits per heavy atom. The van der Waals surface area contributed by atoms with Crippen LogP contribution >= 0.6 is 0 Å². The average molecular weight is 371 g/mol. The topological polar surface area (TPSA) is 100 Å². The van der Waals surface area contributed by atoms with Crippen LogP contribution < -0.4 is 10.6 Å². The minimum atomic E-state index is -0.973. The van der Waals surface area contributed by atoms with E-state index in [0.717, 1.165) is 34.8 Å². The molecule has 4 aromatic rings. The normalized spacial score (nSPS) is 13.6. The summed E-state index contributed by atoms with van der Waals surface area (Å²) in [4.78, 5) is 25.2. The van der Waals surface area contributed by atoms with E-state index in [4.69, 9.17) is 4.98 Å². The number of carbonyl (C=O) groups is 1. The molecule has 0 bridgehead atoms. The van der Waals surface area contributed by atoms with E-state index in [1.807, 2.05) is 30.3 Å². The zero-order chi connectivity index (χ0) is 19.1. The fourth-order valence-corrected chi connectivity index (χ4v) is 3.15. The fraction of sp³-hybridized carbons (Fsp3) is 0.143. The molecule has 7 heteroatoms. The second-order valence-electron chi connectivity index (χ2n) is 6.86. The molecule has 0 spiro atoms. The summed E-state index contributed by atoms with van der Waals surface area (Å²) >= 11 is 0. The highest BCUT2D eigenvalue weighted by atomic mass is 16.4. The number of nitrogens with zero attached hydrogens (tertiary/aromatic N) is 3. The Kier molecular flexibility index (Phi) is 3.79. The first kappa shape index (κ1) is 16.4. The number of hydrogen-bond donors (Lipinski definition) is 3. The van der Waals surface area contributed by atoms with Crippen molar-refractivity contribution in [2.24, 2.45) is 0 Å². The van der Waals surface area contributed by atoms with Crippen LogP contribution in [0.4, 0.5) is 17.5 Å². The summed E-state index contributed by atoms with van der Waals surface area (Å²) in [5, 5.41) is 17.6. The average Bonchev–Trinajstić information content (AvgIpc) is 3.52. The lowest BCUT2D eigenvalue weighted by Crippen LogP contribution is -2.07. The van der Waals surface area contributed by atoms with E-state index in [0.29, 0.717) is 23.3 Å². The van der Waals surface area contributed by atoms with Crippen molar-refractivity contribution in [3.63, 3.8) is 0 Å². The third-order valence-corrected chi connectivity index (χ3v) is 4.73. The number of carboxylic acid groups (broad SMARTS) is 1. The number of anilines is 3. The van der Waals surface area contributed by atoms with Gasteiger partial charge in [0.05, 0.1) is 11.1 Å². The van der Waals surface area contributed by atoms with Crippen LogP contribution in [0.15, 0.2) is 54.7 Å². The van der Waals surface area contributed by atoms with Crippen molar-refractivity contribution in [1.29, 1.82) is 0 Å². The lowest BCUT2D eigenvalue weighted by atomic mass is 10.1. The van der Waals surface area contributed by atoms with Gasteiger partial charge < -0.3 is 15.7 Å². The summed E-state index contributed by atoms with van der Waals surface area (Å²) < 4.78 is 0. The molecule has 0 unspecified atom stereocenters. The first-order valence-corrected chi connectivity index (χ1v) is 9.10. The smallest absolute Gasteiger partial charge is 0.335 e. The van der Waals surface area contributed by atoms with Gasteiger partial charge in [0.1, 0.15) is 5.52 Å². The number of aromatic nitrogens is 3. The molecule has 0 aliphatic heterocycles. The lowest BCUT2D eigenvalue weighted by Gasteiger charge is -2.12. The summed E-state index contributed by atoms with van der Waals surface area (Å²) in [6.07, 6.45) is 3.95. The van der Waals surface area contributed by atoms with Crippen LogP contribution in [0.25, 0.3) is 21.8 Å². The Labute approximate surface area is 160 Å². The SMILES string of the molecule is O=C(O)c1ccc2c(c1)nc(NC1CC1)c1nc(Nc3ccccc3)ncc12. The maximum absolute atomic E-state index is 11.3. The number of rotatable bonds is 5. The summed E-state index contributed by atoms with van der Waals surface area (Å²) in [6, 6.07) is 15.1. The third-order valence-electron chi connectivity index (χ3n) is 4.73. The molecular formula is C21H17N5O2. The number of para-hydroxylation sites is 1. The monoisotopic (exact) mass is 371 g/mol. The molecule has 1 aliphatic carbocycles. The molecular weight excluding hydrogens is 354 g/mol. The van der Waals surface area contributed by atoms with Gasteiger partial charge in [0.2, 0.25) is 5.95 Å². The van der Waals surface area contributed by atoms with Crippen molar-refractivity contribution in [2.45, 2.75) is 18.9 Å². The van der Waals surface area contributed by atoms with Crippen molar-refractivity contribution in [1.82, 2.24) is 15.0 Å². The Bertz CT molecular complexity index is 1210. The second-order valence-corrected chi connectivity index (χ2v) is 6.86. The van der Waals surface area contributed by atoms with Crippen molar-refractivity contribution in [3.05, 3.63) is 60.3 Å². The van der Waals surface area contributed by atoms with Crippen molar-refractivity contribution >= 4 is 45.2 Å². The highest BCUT2D eigenvalue weighted by Gasteiger charge is 2.23. The quantitative estimate of drug-likeness (QED) is 0.452. The molecule has 28 heavy (non-hydrogen) atoms. The number of benzene rings is 2. The maximum atomic E-state index is 11.3. The van der Waals surface area contributed by atoms with E-state index in [2.05, 4.69) is 20.6 Å². The largest absolute Gasteiger partial charge is 0.478 e. The van der Waals surface area contributed by atoms with Gasteiger partial charge in [-0.3, -0.25) is 0 Å². The Morgan fingerprint density at radius 1 is 1.04 bits per heavy atom. The second kappa shape index (κ2) is 6.45. The molecule has 1 saturated carbocycles. The number of fused-ring (bicyclic) bond motifs is 3. The van der Waals surface area contributed by atoms with Crippen LogP contribution in [-0.2, 0) is 0 Å². The Morgan fingerprint density at radius 3 is 2.61 bits per heavy atom. The number of hydrogen-bond acceptors (Lipinski definition) is 6. The van der Waals surface area contributed by atoms with E-state index >= 15 is 0 Å². The van der Waals surface area contributed by atoms with Crippen LogP contribution in [0.1, 0.15) is 23.2 Å². The minimum absolute atomic E-state index is 0.208. The summed E-state index contributed by atoms with van der Waals surface area (Å²) in [5.74, 6) is 0.172. The van der Waals surface area contributed by atoms with Crippen LogP contribution in [0.2, 0.25) is 0 Å². The summed E-state index contributed by atoms with van der Waals surface area (Å²) in [7, 11) is 0. The van der Waals surface area contributed by atoms with Gasteiger partial charge in [0.25, 0.3) is 0 Å². The van der Waals surface area contributed by atoms with Crippen LogP contribution in [0.5, 0.6) is 0 Å². The van der Waals surface area contributed by atoms with Crippen LogP contribution in [0, 0.1) is 0 Å². The molecule has 138 valence electrons. The van der Waals surface area contributed by atoms with E-state index < -0.39 is 5.97 Å². The molecule has 0 saturated heterocycles. The lowest BCUT2D eigenvalue weighted by molar-refractivity contribution is 0.0697. The van der Waals surface area contributed by atoms with Crippen LogP contribution in [-0.4, -0.2) is 32.1 Å². The van der Waals surface area contributed by atoms with Crippen molar-refractivity contribution in [2.75, 3.05) is 10.6 Å². The molecule has 1 fully saturated rings. The van der Waals surface area contributed by atoms with E-state index in [9.17, 15) is 9.90 Å².